The van der Waals surface area contributed by atoms with E-state index in [1.807, 2.05) is 6.92 Å². The Hall–Kier alpha value is -1.59. The van der Waals surface area contributed by atoms with Gasteiger partial charge >= 0.3 is 5.97 Å². The molecule has 6 heteroatoms. The molecule has 180 valence electrons. The third-order valence-electron chi connectivity index (χ3n) is 10.3. The average Bonchev–Trinajstić information content (AvgIpc) is 3.02. The molecule has 0 aromatic carbocycles. The topological polar surface area (TPSA) is 69.5 Å². The van der Waals surface area contributed by atoms with Crippen LogP contribution in [-0.4, -0.2) is 37.2 Å². The van der Waals surface area contributed by atoms with Crippen molar-refractivity contribution in [1.82, 2.24) is 0 Å². The van der Waals surface area contributed by atoms with E-state index >= 15 is 0 Å². The zero-order valence-corrected chi connectivity index (χ0v) is 21.1. The first kappa shape index (κ1) is 23.6. The summed E-state index contributed by atoms with van der Waals surface area (Å²) in [5, 5.41) is 8.64. The standard InChI is InChI=1S/C26H42N2O4/c1-16-14-20-21(24(4)11-8-19(28-31-7)15-23(16)24)9-12-25(5)22(20)10-13-26(25,32-18(3)29)17(2)27-30-6/h16,20-23H,8-15H2,1-7H3/b27-17-,28-19-/t16-,20+,21-,22-,23-,24+,25-,26-/m0/s1. The van der Waals surface area contributed by atoms with Crippen LogP contribution in [0.25, 0.3) is 0 Å². The van der Waals surface area contributed by atoms with Gasteiger partial charge in [-0.25, -0.2) is 0 Å². The fourth-order valence-corrected chi connectivity index (χ4v) is 9.03. The Morgan fingerprint density at radius 3 is 2.38 bits per heavy atom. The van der Waals surface area contributed by atoms with E-state index in [-0.39, 0.29) is 11.4 Å². The fourth-order valence-electron chi connectivity index (χ4n) is 9.03. The lowest BCUT2D eigenvalue weighted by molar-refractivity contribution is -0.174. The predicted octanol–water partition coefficient (Wildman–Crippen LogP) is 5.60. The van der Waals surface area contributed by atoms with Gasteiger partial charge < -0.3 is 14.4 Å². The van der Waals surface area contributed by atoms with Crippen LogP contribution in [0.15, 0.2) is 10.3 Å². The number of oxime groups is 2. The number of carbonyl (C=O) groups excluding carboxylic acids is 1. The van der Waals surface area contributed by atoms with Gasteiger partial charge in [0.1, 0.15) is 14.2 Å². The van der Waals surface area contributed by atoms with E-state index in [9.17, 15) is 4.79 Å². The van der Waals surface area contributed by atoms with E-state index in [0.717, 1.165) is 43.7 Å². The molecule has 0 amide bonds. The third-order valence-corrected chi connectivity index (χ3v) is 10.3. The van der Waals surface area contributed by atoms with Crippen LogP contribution in [0.5, 0.6) is 0 Å². The molecular formula is C26H42N2O4. The largest absolute Gasteiger partial charge is 0.452 e. The lowest BCUT2D eigenvalue weighted by Gasteiger charge is -2.63. The molecule has 0 aromatic rings. The van der Waals surface area contributed by atoms with Crippen molar-refractivity contribution >= 4 is 17.4 Å². The Morgan fingerprint density at radius 1 is 1.00 bits per heavy atom. The van der Waals surface area contributed by atoms with Crippen LogP contribution < -0.4 is 0 Å². The first-order chi connectivity index (χ1) is 15.1. The van der Waals surface area contributed by atoms with Gasteiger partial charge in [-0.2, -0.15) is 0 Å². The lowest BCUT2D eigenvalue weighted by Crippen LogP contribution is -2.60. The number of hydrogen-bond acceptors (Lipinski definition) is 6. The van der Waals surface area contributed by atoms with E-state index in [2.05, 4.69) is 31.1 Å². The van der Waals surface area contributed by atoms with Crippen molar-refractivity contribution in [3.63, 3.8) is 0 Å². The predicted molar refractivity (Wildman–Crippen MR) is 125 cm³/mol. The Morgan fingerprint density at radius 2 is 1.72 bits per heavy atom. The van der Waals surface area contributed by atoms with Crippen LogP contribution in [0.3, 0.4) is 0 Å². The highest BCUT2D eigenvalue weighted by Gasteiger charge is 2.68. The first-order valence-electron chi connectivity index (χ1n) is 12.5. The highest BCUT2D eigenvalue weighted by Crippen LogP contribution is 2.69. The van der Waals surface area contributed by atoms with Crippen molar-refractivity contribution in [2.75, 3.05) is 14.2 Å². The monoisotopic (exact) mass is 446 g/mol. The molecular weight excluding hydrogens is 404 g/mol. The van der Waals surface area contributed by atoms with Gasteiger partial charge in [0.2, 0.25) is 0 Å². The molecule has 0 N–H and O–H groups in total. The normalized spacial score (nSPS) is 47.3. The number of ether oxygens (including phenoxy) is 1. The summed E-state index contributed by atoms with van der Waals surface area (Å²) in [7, 11) is 3.23. The molecule has 4 aliphatic carbocycles. The van der Waals surface area contributed by atoms with Crippen LogP contribution in [0.2, 0.25) is 0 Å². The minimum absolute atomic E-state index is 0.105. The second-order valence-electron chi connectivity index (χ2n) is 11.5. The van der Waals surface area contributed by atoms with E-state index in [0.29, 0.717) is 29.1 Å². The second kappa shape index (κ2) is 8.32. The summed E-state index contributed by atoms with van der Waals surface area (Å²) in [6.07, 6.45) is 8.77. The minimum atomic E-state index is -0.656. The Balaban J connectivity index is 1.68. The number of fused-ring (bicyclic) bond motifs is 5. The van der Waals surface area contributed by atoms with Gasteiger partial charge in [-0.15, -0.1) is 0 Å². The molecule has 4 aliphatic rings. The second-order valence-corrected chi connectivity index (χ2v) is 11.5. The maximum absolute atomic E-state index is 12.2. The SMILES string of the molecule is CO/N=C1/CC[C@]2(C)[C@H]3CC[C@@]4(C)[C@@H](CC[C@]4(OC(C)=O)/C(C)=N\OC)[C@@H]3C[C@H](C)[C@@H]2C1. The zero-order chi connectivity index (χ0) is 23.3. The van der Waals surface area contributed by atoms with Crippen LogP contribution in [-0.2, 0) is 19.2 Å². The smallest absolute Gasteiger partial charge is 0.303 e. The van der Waals surface area contributed by atoms with Crippen LogP contribution in [0, 0.1) is 40.4 Å². The summed E-state index contributed by atoms with van der Waals surface area (Å²) in [6, 6.07) is 0. The quantitative estimate of drug-likeness (QED) is 0.320. The Bertz CT molecular complexity index is 810. The van der Waals surface area contributed by atoms with Gasteiger partial charge in [-0.05, 0) is 93.3 Å². The van der Waals surface area contributed by atoms with Crippen molar-refractivity contribution in [1.29, 1.82) is 0 Å². The number of hydrogen-bond donors (Lipinski definition) is 0. The molecule has 32 heavy (non-hydrogen) atoms. The molecule has 4 rings (SSSR count). The minimum Gasteiger partial charge on any atom is -0.452 e. The number of esters is 1. The molecule has 0 saturated heterocycles. The van der Waals surface area contributed by atoms with E-state index in [1.165, 1.54) is 31.9 Å². The maximum atomic E-state index is 12.2. The molecule has 6 nitrogen and oxygen atoms in total. The molecule has 0 unspecified atom stereocenters. The van der Waals surface area contributed by atoms with Gasteiger partial charge in [0, 0.05) is 12.3 Å². The zero-order valence-electron chi connectivity index (χ0n) is 21.1. The van der Waals surface area contributed by atoms with Crippen molar-refractivity contribution in [3.8, 4) is 0 Å². The van der Waals surface area contributed by atoms with Crippen LogP contribution in [0.1, 0.15) is 86.0 Å². The van der Waals surface area contributed by atoms with Gasteiger partial charge in [0.15, 0.2) is 5.60 Å². The van der Waals surface area contributed by atoms with Crippen molar-refractivity contribution in [3.05, 3.63) is 0 Å². The molecule has 0 bridgehead atoms. The molecule has 0 spiro atoms. The summed E-state index contributed by atoms with van der Waals surface area (Å²) in [5.41, 5.74) is 1.63. The lowest BCUT2D eigenvalue weighted by atomic mass is 9.42. The number of nitrogens with zero attached hydrogens (tertiary/aromatic N) is 2. The summed E-state index contributed by atoms with van der Waals surface area (Å²) in [4.78, 5) is 22.5. The van der Waals surface area contributed by atoms with Gasteiger partial charge in [-0.1, -0.05) is 31.1 Å². The van der Waals surface area contributed by atoms with Gasteiger partial charge in [0.25, 0.3) is 0 Å². The Kier molecular flexibility index (Phi) is 6.13. The highest BCUT2D eigenvalue weighted by atomic mass is 16.6. The van der Waals surface area contributed by atoms with Crippen LogP contribution in [0.4, 0.5) is 0 Å². The summed E-state index contributed by atoms with van der Waals surface area (Å²) in [6.45, 7) is 10.9. The highest BCUT2D eigenvalue weighted by molar-refractivity contribution is 5.93. The average molecular weight is 447 g/mol. The fraction of sp³-hybridized carbons (Fsp3) is 0.885. The number of carbonyl (C=O) groups is 1. The number of rotatable bonds is 4. The van der Waals surface area contributed by atoms with Gasteiger partial charge in [-0.3, -0.25) is 4.79 Å². The van der Waals surface area contributed by atoms with E-state index in [1.54, 1.807) is 14.2 Å². The molecule has 0 aromatic heterocycles. The molecule has 4 fully saturated rings. The summed E-state index contributed by atoms with van der Waals surface area (Å²) >= 11 is 0. The Labute approximate surface area is 193 Å². The van der Waals surface area contributed by atoms with Gasteiger partial charge in [0.05, 0.1) is 11.4 Å². The van der Waals surface area contributed by atoms with Crippen molar-refractivity contribution in [2.45, 2.75) is 91.6 Å². The maximum Gasteiger partial charge on any atom is 0.303 e. The molecule has 0 heterocycles. The molecule has 0 radical (unpaired) electrons. The molecule has 0 aliphatic heterocycles. The third kappa shape index (κ3) is 3.30. The van der Waals surface area contributed by atoms with Crippen molar-refractivity contribution < 1.29 is 19.2 Å². The van der Waals surface area contributed by atoms with E-state index in [4.69, 9.17) is 14.4 Å². The van der Waals surface area contributed by atoms with E-state index < -0.39 is 5.60 Å². The molecule has 8 atom stereocenters. The van der Waals surface area contributed by atoms with Crippen LogP contribution >= 0.6 is 0 Å². The van der Waals surface area contributed by atoms with Crippen molar-refractivity contribution in [2.24, 2.45) is 50.7 Å². The summed E-state index contributed by atoms with van der Waals surface area (Å²) in [5.74, 6) is 3.03. The summed E-state index contributed by atoms with van der Waals surface area (Å²) < 4.78 is 6.19. The molecule has 4 saturated carbocycles. The first-order valence-corrected chi connectivity index (χ1v) is 12.5.